The van der Waals surface area contributed by atoms with Crippen LogP contribution in [-0.4, -0.2) is 55.3 Å². The Kier molecular flexibility index (Phi) is 4.06. The van der Waals surface area contributed by atoms with E-state index in [1.165, 1.54) is 0 Å². The molecule has 0 spiro atoms. The van der Waals surface area contributed by atoms with Crippen molar-refractivity contribution in [2.45, 2.75) is 32.4 Å². The first-order valence-electron chi connectivity index (χ1n) is 6.50. The van der Waals surface area contributed by atoms with Crippen LogP contribution in [0.15, 0.2) is 0 Å². The quantitative estimate of drug-likeness (QED) is 0.739. The summed E-state index contributed by atoms with van der Waals surface area (Å²) in [6, 6.07) is -0.0342. The van der Waals surface area contributed by atoms with E-state index in [1.54, 1.807) is 18.7 Å². The number of rotatable bonds is 3. The van der Waals surface area contributed by atoms with E-state index in [1.807, 2.05) is 0 Å². The number of likely N-dealkylation sites (tertiary alicyclic amines) is 1. The maximum absolute atomic E-state index is 11.6. The van der Waals surface area contributed by atoms with Gasteiger partial charge in [-0.3, -0.25) is 10.1 Å². The van der Waals surface area contributed by atoms with Crippen molar-refractivity contribution in [3.63, 3.8) is 0 Å². The number of nitrogens with zero attached hydrogens (tertiary/aromatic N) is 1. The van der Waals surface area contributed by atoms with Gasteiger partial charge >= 0.3 is 12.1 Å². The van der Waals surface area contributed by atoms with Crippen molar-refractivity contribution in [3.8, 4) is 0 Å². The van der Waals surface area contributed by atoms with Gasteiger partial charge in [-0.05, 0) is 26.2 Å². The Morgan fingerprint density at radius 2 is 1.94 bits per heavy atom. The number of hydrogen-bond acceptors (Lipinski definition) is 5. The Labute approximate surface area is 107 Å². The topological polar surface area (TPSA) is 67.9 Å². The van der Waals surface area contributed by atoms with Crippen molar-refractivity contribution in [1.29, 1.82) is 0 Å². The average molecular weight is 256 g/mol. The molecule has 2 heterocycles. The minimum absolute atomic E-state index is 0.184. The molecule has 0 bridgehead atoms. The first-order chi connectivity index (χ1) is 8.65. The van der Waals surface area contributed by atoms with Crippen molar-refractivity contribution in [2.75, 3.05) is 26.3 Å². The van der Waals surface area contributed by atoms with Crippen molar-refractivity contribution in [2.24, 2.45) is 5.92 Å². The number of esters is 1. The van der Waals surface area contributed by atoms with E-state index >= 15 is 0 Å². The molecular weight excluding hydrogens is 236 g/mol. The van der Waals surface area contributed by atoms with Crippen molar-refractivity contribution >= 4 is 12.1 Å². The van der Waals surface area contributed by atoms with Crippen LogP contribution in [0, 0.1) is 5.92 Å². The molecule has 0 saturated carbocycles. The molecule has 2 aliphatic rings. The summed E-state index contributed by atoms with van der Waals surface area (Å²) in [7, 11) is 0. The second kappa shape index (κ2) is 5.56. The van der Waals surface area contributed by atoms with Crippen LogP contribution in [0.4, 0.5) is 4.79 Å². The summed E-state index contributed by atoms with van der Waals surface area (Å²) in [6.07, 6.45) is 0.473. The normalized spacial score (nSPS) is 30.1. The van der Waals surface area contributed by atoms with Crippen LogP contribution in [0.25, 0.3) is 0 Å². The van der Waals surface area contributed by atoms with Crippen LogP contribution in [-0.2, 0) is 14.3 Å². The number of amides is 1. The van der Waals surface area contributed by atoms with Gasteiger partial charge in [0.25, 0.3) is 0 Å². The molecule has 0 unspecified atom stereocenters. The largest absolute Gasteiger partial charge is 0.465 e. The summed E-state index contributed by atoms with van der Waals surface area (Å²) < 4.78 is 9.97. The molecule has 1 amide bonds. The summed E-state index contributed by atoms with van der Waals surface area (Å²) in [5.41, 5.74) is 0. The standard InChI is InChI=1S/C12H20N2O4/c1-3-17-11(15)9-5-8-6-14(7-10(8)13-9)12(16)18-4-2/h8-10,13H,3-7H2,1-2H3/t8-,9+,10-/m0/s1. The van der Waals surface area contributed by atoms with Crippen LogP contribution in [0.5, 0.6) is 0 Å². The average Bonchev–Trinajstić information content (AvgIpc) is 2.86. The maximum atomic E-state index is 11.6. The summed E-state index contributed by atoms with van der Waals surface area (Å²) in [5.74, 6) is 0.137. The summed E-state index contributed by atoms with van der Waals surface area (Å²) in [5, 5.41) is 3.24. The molecule has 18 heavy (non-hydrogen) atoms. The molecule has 0 aromatic carbocycles. The molecule has 6 heteroatoms. The highest BCUT2D eigenvalue weighted by atomic mass is 16.6. The third-order valence-electron chi connectivity index (χ3n) is 3.49. The Bertz CT molecular complexity index is 290. The zero-order chi connectivity index (χ0) is 13.1. The van der Waals surface area contributed by atoms with Gasteiger partial charge in [0.15, 0.2) is 0 Å². The summed E-state index contributed by atoms with van der Waals surface area (Å²) in [6.45, 7) is 5.66. The highest BCUT2D eigenvalue weighted by Crippen LogP contribution is 2.28. The number of fused-ring (bicyclic) bond motifs is 1. The molecule has 102 valence electrons. The van der Waals surface area contributed by atoms with Gasteiger partial charge in [0.05, 0.1) is 13.2 Å². The first kappa shape index (κ1) is 13.1. The van der Waals surface area contributed by atoms with Gasteiger partial charge in [-0.2, -0.15) is 0 Å². The zero-order valence-corrected chi connectivity index (χ0v) is 10.8. The van der Waals surface area contributed by atoms with E-state index in [0.717, 1.165) is 6.42 Å². The zero-order valence-electron chi connectivity index (χ0n) is 10.8. The lowest BCUT2D eigenvalue weighted by Crippen LogP contribution is -2.41. The number of carbonyl (C=O) groups is 2. The van der Waals surface area contributed by atoms with E-state index in [4.69, 9.17) is 9.47 Å². The third kappa shape index (κ3) is 2.58. The lowest BCUT2D eigenvalue weighted by Gasteiger charge is -2.18. The molecule has 0 aromatic rings. The van der Waals surface area contributed by atoms with Crippen molar-refractivity contribution in [1.82, 2.24) is 10.2 Å². The van der Waals surface area contributed by atoms with E-state index in [9.17, 15) is 9.59 Å². The second-order valence-corrected chi connectivity index (χ2v) is 4.68. The lowest BCUT2D eigenvalue weighted by molar-refractivity contribution is -0.145. The monoisotopic (exact) mass is 256 g/mol. The van der Waals surface area contributed by atoms with Crippen LogP contribution in [0.1, 0.15) is 20.3 Å². The fourth-order valence-corrected chi connectivity index (χ4v) is 2.70. The van der Waals surface area contributed by atoms with Gasteiger partial charge in [-0.15, -0.1) is 0 Å². The first-order valence-corrected chi connectivity index (χ1v) is 6.50. The number of ether oxygens (including phenoxy) is 2. The van der Waals surface area contributed by atoms with Crippen LogP contribution in [0.2, 0.25) is 0 Å². The Morgan fingerprint density at radius 1 is 1.22 bits per heavy atom. The third-order valence-corrected chi connectivity index (χ3v) is 3.49. The van der Waals surface area contributed by atoms with E-state index < -0.39 is 0 Å². The Morgan fingerprint density at radius 3 is 2.56 bits per heavy atom. The second-order valence-electron chi connectivity index (χ2n) is 4.68. The molecule has 2 saturated heterocycles. The fraction of sp³-hybridized carbons (Fsp3) is 0.833. The summed E-state index contributed by atoms with van der Waals surface area (Å²) in [4.78, 5) is 24.9. The Hall–Kier alpha value is -1.30. The predicted octanol–water partition coefficient (Wildman–Crippen LogP) is 0.368. The van der Waals surface area contributed by atoms with E-state index in [2.05, 4.69) is 5.32 Å². The minimum atomic E-state index is -0.263. The molecule has 3 atom stereocenters. The van der Waals surface area contributed by atoms with E-state index in [0.29, 0.717) is 32.2 Å². The molecule has 2 aliphatic heterocycles. The molecule has 1 N–H and O–H groups in total. The highest BCUT2D eigenvalue weighted by molar-refractivity contribution is 5.76. The van der Waals surface area contributed by atoms with Gasteiger partial charge in [-0.25, -0.2) is 4.79 Å². The highest BCUT2D eigenvalue weighted by Gasteiger charge is 2.45. The lowest BCUT2D eigenvalue weighted by atomic mass is 10.0. The van der Waals surface area contributed by atoms with Gasteiger partial charge in [0, 0.05) is 19.1 Å². The molecular formula is C12H20N2O4. The van der Waals surface area contributed by atoms with E-state index in [-0.39, 0.29) is 24.1 Å². The molecule has 0 radical (unpaired) electrons. The number of carbonyl (C=O) groups excluding carboxylic acids is 2. The van der Waals surface area contributed by atoms with Crippen LogP contribution >= 0.6 is 0 Å². The van der Waals surface area contributed by atoms with Crippen molar-refractivity contribution in [3.05, 3.63) is 0 Å². The maximum Gasteiger partial charge on any atom is 0.409 e. The SMILES string of the molecule is CCOC(=O)[C@H]1C[C@H]2CN(C(=O)OCC)C[C@@H]2N1. The van der Waals surface area contributed by atoms with Gasteiger partial charge < -0.3 is 14.4 Å². The fourth-order valence-electron chi connectivity index (χ4n) is 2.70. The number of hydrogen-bond donors (Lipinski definition) is 1. The molecule has 0 aliphatic carbocycles. The van der Waals surface area contributed by atoms with Gasteiger partial charge in [0.2, 0.25) is 0 Å². The molecule has 2 fully saturated rings. The van der Waals surface area contributed by atoms with Crippen molar-refractivity contribution < 1.29 is 19.1 Å². The minimum Gasteiger partial charge on any atom is -0.465 e. The summed E-state index contributed by atoms with van der Waals surface area (Å²) >= 11 is 0. The van der Waals surface area contributed by atoms with Gasteiger partial charge in [0.1, 0.15) is 6.04 Å². The smallest absolute Gasteiger partial charge is 0.409 e. The Balaban J connectivity index is 1.84. The molecule has 2 rings (SSSR count). The molecule has 6 nitrogen and oxygen atoms in total. The number of nitrogens with one attached hydrogen (secondary N) is 1. The molecule has 0 aromatic heterocycles. The van der Waals surface area contributed by atoms with Crippen LogP contribution in [0.3, 0.4) is 0 Å². The van der Waals surface area contributed by atoms with Gasteiger partial charge in [-0.1, -0.05) is 0 Å². The van der Waals surface area contributed by atoms with Crippen LogP contribution < -0.4 is 5.32 Å². The predicted molar refractivity (Wildman–Crippen MR) is 64.0 cm³/mol.